The highest BCUT2D eigenvalue weighted by atomic mass is 32.2. The van der Waals surface area contributed by atoms with Crippen LogP contribution in [0.2, 0.25) is 0 Å². The van der Waals surface area contributed by atoms with Crippen molar-refractivity contribution < 1.29 is 14.7 Å². The first-order chi connectivity index (χ1) is 12.9. The molecule has 2 aromatic heterocycles. The van der Waals surface area contributed by atoms with Crippen LogP contribution in [0.15, 0.2) is 42.7 Å². The van der Waals surface area contributed by atoms with E-state index in [-0.39, 0.29) is 17.7 Å². The van der Waals surface area contributed by atoms with Gasteiger partial charge in [-0.25, -0.2) is 9.67 Å². The van der Waals surface area contributed by atoms with Crippen molar-refractivity contribution in [2.75, 3.05) is 11.1 Å². The van der Waals surface area contributed by atoms with Gasteiger partial charge in [-0.05, 0) is 37.6 Å². The molecule has 1 aromatic carbocycles. The van der Waals surface area contributed by atoms with Gasteiger partial charge in [-0.3, -0.25) is 9.59 Å². The molecular formula is C19H20N4O3S. The van der Waals surface area contributed by atoms with Crippen molar-refractivity contribution >= 4 is 40.4 Å². The molecule has 0 radical (unpaired) electrons. The average molecular weight is 384 g/mol. The third-order valence-electron chi connectivity index (χ3n) is 3.86. The van der Waals surface area contributed by atoms with Gasteiger partial charge in [0.05, 0.1) is 17.5 Å². The number of benzene rings is 1. The molecule has 8 heteroatoms. The molecule has 140 valence electrons. The molecule has 2 heterocycles. The van der Waals surface area contributed by atoms with Gasteiger partial charge in [0.15, 0.2) is 5.65 Å². The van der Waals surface area contributed by atoms with E-state index in [4.69, 9.17) is 5.11 Å². The van der Waals surface area contributed by atoms with Crippen LogP contribution >= 0.6 is 11.8 Å². The number of rotatable bonds is 7. The lowest BCUT2D eigenvalue weighted by Crippen LogP contribution is -2.12. The van der Waals surface area contributed by atoms with Crippen molar-refractivity contribution in [2.24, 2.45) is 0 Å². The van der Waals surface area contributed by atoms with Crippen molar-refractivity contribution in [2.45, 2.75) is 25.6 Å². The van der Waals surface area contributed by atoms with Crippen LogP contribution in [0.5, 0.6) is 0 Å². The maximum atomic E-state index is 12.6. The van der Waals surface area contributed by atoms with Crippen LogP contribution in [-0.4, -0.2) is 37.5 Å². The third-order valence-corrected chi connectivity index (χ3v) is 4.85. The summed E-state index contributed by atoms with van der Waals surface area (Å²) in [6, 6.07) is 9.34. The summed E-state index contributed by atoms with van der Waals surface area (Å²) in [5.41, 5.74) is 2.81. The van der Waals surface area contributed by atoms with E-state index in [1.54, 1.807) is 24.5 Å². The molecular weight excluding hydrogens is 364 g/mol. The molecule has 0 saturated heterocycles. The van der Waals surface area contributed by atoms with E-state index in [1.807, 2.05) is 36.7 Å². The van der Waals surface area contributed by atoms with E-state index in [0.717, 1.165) is 16.6 Å². The molecule has 3 aromatic rings. The van der Waals surface area contributed by atoms with Crippen LogP contribution in [0, 0.1) is 0 Å². The zero-order valence-corrected chi connectivity index (χ0v) is 15.9. The predicted octanol–water partition coefficient (Wildman–Crippen LogP) is 3.58. The highest BCUT2D eigenvalue weighted by Gasteiger charge is 2.12. The first kappa shape index (κ1) is 18.9. The van der Waals surface area contributed by atoms with Crippen molar-refractivity contribution in [3.8, 4) is 0 Å². The summed E-state index contributed by atoms with van der Waals surface area (Å²) in [4.78, 5) is 27.5. The van der Waals surface area contributed by atoms with Crippen molar-refractivity contribution in [3.63, 3.8) is 0 Å². The highest BCUT2D eigenvalue weighted by molar-refractivity contribution is 7.99. The topological polar surface area (TPSA) is 97.1 Å². The number of carbonyl (C=O) groups excluding carboxylic acids is 1. The van der Waals surface area contributed by atoms with Crippen molar-refractivity contribution in [1.29, 1.82) is 0 Å². The minimum absolute atomic E-state index is 0.0479. The molecule has 0 atom stereocenters. The standard InChI is InChI=1S/C19H20N4O3S/c1-12(2)23-18-14(9-21-23)7-15(8-20-18)19(26)22-16-5-3-4-13(6-16)10-27-11-17(24)25/h3-9,12H,10-11H2,1-2H3,(H,22,26)(H,24,25). The quantitative estimate of drug-likeness (QED) is 0.646. The Balaban J connectivity index is 1.71. The third kappa shape index (κ3) is 4.65. The Morgan fingerprint density at radius 2 is 2.07 bits per heavy atom. The predicted molar refractivity (Wildman–Crippen MR) is 106 cm³/mol. The molecule has 0 aliphatic rings. The first-order valence-electron chi connectivity index (χ1n) is 8.47. The number of carbonyl (C=O) groups is 2. The molecule has 0 saturated carbocycles. The minimum Gasteiger partial charge on any atom is -0.481 e. The van der Waals surface area contributed by atoms with Gasteiger partial charge < -0.3 is 10.4 Å². The summed E-state index contributed by atoms with van der Waals surface area (Å²) in [5.74, 6) is -0.477. The number of carboxylic acids is 1. The number of nitrogens with one attached hydrogen (secondary N) is 1. The number of hydrogen-bond donors (Lipinski definition) is 2. The van der Waals surface area contributed by atoms with Crippen molar-refractivity contribution in [3.05, 3.63) is 53.9 Å². The summed E-state index contributed by atoms with van der Waals surface area (Å²) < 4.78 is 1.81. The second-order valence-electron chi connectivity index (χ2n) is 6.36. The van der Waals surface area contributed by atoms with E-state index in [2.05, 4.69) is 15.4 Å². The smallest absolute Gasteiger partial charge is 0.313 e. The number of aromatic nitrogens is 3. The fraction of sp³-hybridized carbons (Fsp3) is 0.263. The largest absolute Gasteiger partial charge is 0.481 e. The average Bonchev–Trinajstić information content (AvgIpc) is 3.05. The molecule has 0 unspecified atom stereocenters. The van der Waals surface area contributed by atoms with Gasteiger partial charge in [-0.1, -0.05) is 12.1 Å². The number of nitrogens with zero attached hydrogens (tertiary/aromatic N) is 3. The van der Waals surface area contributed by atoms with E-state index in [9.17, 15) is 9.59 Å². The second-order valence-corrected chi connectivity index (χ2v) is 7.35. The van der Waals surface area contributed by atoms with E-state index >= 15 is 0 Å². The Hall–Kier alpha value is -2.87. The minimum atomic E-state index is -0.840. The van der Waals surface area contributed by atoms with Gasteiger partial charge in [0.2, 0.25) is 0 Å². The highest BCUT2D eigenvalue weighted by Crippen LogP contribution is 2.19. The summed E-state index contributed by atoms with van der Waals surface area (Å²) in [5, 5.41) is 16.7. The van der Waals surface area contributed by atoms with Gasteiger partial charge in [-0.15, -0.1) is 11.8 Å². The van der Waals surface area contributed by atoms with E-state index in [1.165, 1.54) is 11.8 Å². The molecule has 7 nitrogen and oxygen atoms in total. The van der Waals surface area contributed by atoms with Gasteiger partial charge in [0, 0.05) is 29.1 Å². The Labute approximate surface area is 160 Å². The van der Waals surface area contributed by atoms with Crippen LogP contribution in [-0.2, 0) is 10.5 Å². The van der Waals surface area contributed by atoms with Crippen LogP contribution in [0.4, 0.5) is 5.69 Å². The van der Waals surface area contributed by atoms with Crippen LogP contribution in [0.3, 0.4) is 0 Å². The first-order valence-corrected chi connectivity index (χ1v) is 9.62. The summed E-state index contributed by atoms with van der Waals surface area (Å²) in [6.07, 6.45) is 3.25. The number of amides is 1. The molecule has 0 aliphatic carbocycles. The fourth-order valence-corrected chi connectivity index (χ4v) is 3.33. The summed E-state index contributed by atoms with van der Waals surface area (Å²) in [6.45, 7) is 4.05. The number of carboxylic acid groups (broad SMARTS) is 1. The fourth-order valence-electron chi connectivity index (χ4n) is 2.64. The van der Waals surface area contributed by atoms with Crippen LogP contribution in [0.25, 0.3) is 11.0 Å². The molecule has 0 fully saturated rings. The number of anilines is 1. The molecule has 2 N–H and O–H groups in total. The van der Waals surface area contributed by atoms with Gasteiger partial charge in [0.25, 0.3) is 5.91 Å². The Bertz CT molecular complexity index is 984. The summed E-state index contributed by atoms with van der Waals surface area (Å²) in [7, 11) is 0. The van der Waals surface area contributed by atoms with Gasteiger partial charge >= 0.3 is 5.97 Å². The van der Waals surface area contributed by atoms with Crippen LogP contribution in [0.1, 0.15) is 35.8 Å². The lowest BCUT2D eigenvalue weighted by Gasteiger charge is -2.08. The normalized spacial score (nSPS) is 11.1. The number of hydrogen-bond acceptors (Lipinski definition) is 5. The number of pyridine rings is 1. The van der Waals surface area contributed by atoms with Crippen molar-refractivity contribution in [1.82, 2.24) is 14.8 Å². The molecule has 0 bridgehead atoms. The summed E-state index contributed by atoms with van der Waals surface area (Å²) >= 11 is 1.31. The maximum absolute atomic E-state index is 12.6. The Morgan fingerprint density at radius 1 is 1.26 bits per heavy atom. The van der Waals surface area contributed by atoms with Gasteiger partial charge in [-0.2, -0.15) is 5.10 Å². The zero-order chi connectivity index (χ0) is 19.4. The van der Waals surface area contributed by atoms with E-state index < -0.39 is 5.97 Å². The maximum Gasteiger partial charge on any atom is 0.313 e. The molecule has 0 aliphatic heterocycles. The molecule has 1 amide bonds. The van der Waals surface area contributed by atoms with Gasteiger partial charge in [0.1, 0.15) is 0 Å². The van der Waals surface area contributed by atoms with E-state index in [0.29, 0.717) is 17.0 Å². The number of aliphatic carboxylic acids is 1. The monoisotopic (exact) mass is 384 g/mol. The molecule has 3 rings (SSSR count). The van der Waals surface area contributed by atoms with Crippen LogP contribution < -0.4 is 5.32 Å². The molecule has 27 heavy (non-hydrogen) atoms. The number of thioether (sulfide) groups is 1. The lowest BCUT2D eigenvalue weighted by molar-refractivity contribution is -0.133. The lowest BCUT2D eigenvalue weighted by atomic mass is 10.2. The Morgan fingerprint density at radius 3 is 2.81 bits per heavy atom. The zero-order valence-electron chi connectivity index (χ0n) is 15.0. The molecule has 0 spiro atoms. The Kier molecular flexibility index (Phi) is 5.75. The second kappa shape index (κ2) is 8.22. The number of fused-ring (bicyclic) bond motifs is 1. The SMILES string of the molecule is CC(C)n1ncc2cc(C(=O)Nc3cccc(CSCC(=O)O)c3)cnc21.